The first-order chi connectivity index (χ1) is 30.8. The fraction of sp³-hybridized carbons (Fsp3) is 0.484. The third-order valence-electron chi connectivity index (χ3n) is 15.7. The van der Waals surface area contributed by atoms with Crippen molar-refractivity contribution in [3.05, 3.63) is 135 Å². The Labute approximate surface area is 449 Å². The van der Waals surface area contributed by atoms with Crippen LogP contribution in [0.25, 0.3) is 43.8 Å². The van der Waals surface area contributed by atoms with E-state index in [1.165, 1.54) is 206 Å². The maximum absolute atomic E-state index is 3.06. The summed E-state index contributed by atoms with van der Waals surface area (Å²) in [5.74, 6) is 0. The van der Waals surface area contributed by atoms with E-state index < -0.39 is 16.1 Å². The van der Waals surface area contributed by atoms with Crippen LogP contribution in [0.4, 0.5) is 0 Å². The summed E-state index contributed by atoms with van der Waals surface area (Å²) in [7, 11) is -2.51. The van der Waals surface area contributed by atoms with E-state index in [1.54, 1.807) is 11.1 Å². The molecule has 0 aliphatic heterocycles. The third kappa shape index (κ3) is 16.6. The maximum atomic E-state index is 3.06. The van der Waals surface area contributed by atoms with E-state index in [9.17, 15) is 0 Å². The molecule has 0 saturated heterocycles. The predicted molar refractivity (Wildman–Crippen MR) is 316 cm³/mol. The second-order valence-electron chi connectivity index (χ2n) is 22.3. The van der Waals surface area contributed by atoms with Crippen LogP contribution in [-0.4, -0.2) is 23.0 Å². The first kappa shape index (κ1) is 62.3. The normalized spacial score (nSPS) is 16.3. The Morgan fingerprint density at radius 1 is 0.456 bits per heavy atom. The molecule has 0 atom stereocenters. The Bertz CT molecular complexity index is 2160. The SMILES string of the molecule is CCC1(Cc2cc3c(-c4ccc([Si](C)(C)C)cc4)cccc3[cH-]2)CCCCCCCC1.CCC1(Cc2cc3c(-c4ccc([Si](C)(C)C)cc4)cccc3[cH-]2)CCCCCCCC1.Cl.Cl.[CH3-].[CH3-].[Si]=[Zr]. The van der Waals surface area contributed by atoms with Crippen LogP contribution in [0.3, 0.4) is 0 Å². The van der Waals surface area contributed by atoms with Crippen LogP contribution in [0.2, 0.25) is 39.3 Å². The van der Waals surface area contributed by atoms with E-state index in [4.69, 9.17) is 0 Å². The van der Waals surface area contributed by atoms with E-state index in [-0.39, 0.29) is 39.7 Å². The quantitative estimate of drug-likeness (QED) is 0.0947. The Hall–Kier alpha value is -1.79. The molecule has 372 valence electrons. The summed E-state index contributed by atoms with van der Waals surface area (Å²) in [6, 6.07) is 42.6. The van der Waals surface area contributed by atoms with E-state index in [0.717, 1.165) is 0 Å². The monoisotopic (exact) mass is 1080 g/mol. The summed E-state index contributed by atoms with van der Waals surface area (Å²) >= 11 is 1.36. The van der Waals surface area contributed by atoms with Crippen molar-refractivity contribution in [1.82, 2.24) is 0 Å². The molecule has 0 unspecified atom stereocenters. The average molecular weight is 1080 g/mol. The van der Waals surface area contributed by atoms with Crippen LogP contribution < -0.4 is 10.4 Å². The first-order valence-electron chi connectivity index (χ1n) is 25.6. The van der Waals surface area contributed by atoms with E-state index in [1.807, 2.05) is 0 Å². The zero-order valence-corrected chi connectivity index (χ0v) is 51.4. The van der Waals surface area contributed by atoms with Crippen molar-refractivity contribution >= 4 is 79.8 Å². The molecule has 0 N–H and O–H groups in total. The standard InChI is InChI=1S/2C30H41Si.2CH3.2ClH.Si.Zr/c2*1-5-30(19-10-8-6-7-9-11-20-30)23-24-21-26-13-12-14-28(29(26)22-24)25-15-17-27(18-16-25)31(2,3)4;;;;;;/h2*12-18,21-22H,5-11,19-20,23H2,1-4H3;2*1H3;2*1H;;/q4*-1;;;;. The molecule has 0 spiro atoms. The number of fused-ring (bicyclic) bond motifs is 2. The molecule has 2 radical (unpaired) electrons. The number of rotatable bonds is 10. The van der Waals surface area contributed by atoms with Gasteiger partial charge in [0.25, 0.3) is 0 Å². The van der Waals surface area contributed by atoms with Gasteiger partial charge in [-0.1, -0.05) is 225 Å². The second-order valence-corrected chi connectivity index (χ2v) is 32.5. The molecule has 0 amide bonds. The molecule has 68 heavy (non-hydrogen) atoms. The zero-order valence-electron chi connectivity index (χ0n) is 44.4. The molecule has 2 aliphatic carbocycles. The van der Waals surface area contributed by atoms with Gasteiger partial charge in [0, 0.05) is 0 Å². The molecule has 2 saturated carbocycles. The van der Waals surface area contributed by atoms with Crippen molar-refractivity contribution in [3.8, 4) is 22.3 Å². The molecule has 2 fully saturated rings. The van der Waals surface area contributed by atoms with E-state index >= 15 is 0 Å². The van der Waals surface area contributed by atoms with Gasteiger partial charge < -0.3 is 14.9 Å². The molecular formula is C62H90Cl2Si3Zr-4. The van der Waals surface area contributed by atoms with Gasteiger partial charge in [-0.25, -0.2) is 0 Å². The fourth-order valence-electron chi connectivity index (χ4n) is 11.4. The molecule has 6 aromatic carbocycles. The third-order valence-corrected chi connectivity index (χ3v) is 19.9. The molecular weight excluding hydrogens is 991 g/mol. The minimum atomic E-state index is -1.26. The second kappa shape index (κ2) is 29.0. The van der Waals surface area contributed by atoms with Crippen molar-refractivity contribution in [2.24, 2.45) is 10.8 Å². The molecule has 0 heterocycles. The topological polar surface area (TPSA) is 0 Å². The van der Waals surface area contributed by atoms with E-state index in [0.29, 0.717) is 10.8 Å². The number of halogens is 2. The molecule has 6 aromatic rings. The van der Waals surface area contributed by atoms with Gasteiger partial charge in [0.1, 0.15) is 0 Å². The zero-order chi connectivity index (χ0) is 45.8. The molecule has 0 nitrogen and oxygen atoms in total. The summed E-state index contributed by atoms with van der Waals surface area (Å²) in [5.41, 5.74) is 9.64. The minimum absolute atomic E-state index is 0. The molecule has 0 aromatic heterocycles. The van der Waals surface area contributed by atoms with Gasteiger partial charge in [0.05, 0.1) is 16.1 Å². The number of hydrogen-bond acceptors (Lipinski definition) is 0. The van der Waals surface area contributed by atoms with Gasteiger partial charge in [0.15, 0.2) is 0 Å². The Morgan fingerprint density at radius 3 is 1.03 bits per heavy atom. The summed E-state index contributed by atoms with van der Waals surface area (Å²) < 4.78 is 0. The number of hydrogen-bond donors (Lipinski definition) is 0. The summed E-state index contributed by atoms with van der Waals surface area (Å²) in [4.78, 5) is 0. The Balaban J connectivity index is 0.000000426. The van der Waals surface area contributed by atoms with Crippen molar-refractivity contribution in [1.29, 1.82) is 0 Å². The predicted octanol–water partition coefficient (Wildman–Crippen LogP) is 19.0. The molecule has 0 bridgehead atoms. The van der Waals surface area contributed by atoms with Crippen LogP contribution in [0, 0.1) is 25.7 Å². The fourth-order valence-corrected chi connectivity index (χ4v) is 13.8. The Morgan fingerprint density at radius 2 is 0.750 bits per heavy atom. The Kier molecular flexibility index (Phi) is 26.6. The van der Waals surface area contributed by atoms with Gasteiger partial charge in [-0.2, -0.15) is 12.1 Å². The van der Waals surface area contributed by atoms with Crippen LogP contribution >= 0.6 is 24.8 Å². The summed E-state index contributed by atoms with van der Waals surface area (Å²) in [6.45, 7) is 22.5. The van der Waals surface area contributed by atoms with Gasteiger partial charge in [-0.15, -0.1) is 93.9 Å². The summed E-state index contributed by atoms with van der Waals surface area (Å²) in [5, 5.41) is 8.78. The van der Waals surface area contributed by atoms with Gasteiger partial charge >= 0.3 is 30.2 Å². The van der Waals surface area contributed by atoms with Gasteiger partial charge in [-0.3, -0.25) is 0 Å². The molecule has 8 rings (SSSR count). The summed E-state index contributed by atoms with van der Waals surface area (Å²) in [6.07, 6.45) is 28.0. The van der Waals surface area contributed by atoms with Crippen molar-refractivity contribution < 1.29 is 23.3 Å². The van der Waals surface area contributed by atoms with Crippen molar-refractivity contribution in [3.63, 3.8) is 0 Å². The van der Waals surface area contributed by atoms with Gasteiger partial charge in [0.2, 0.25) is 0 Å². The molecule has 6 heteroatoms. The van der Waals surface area contributed by atoms with Crippen LogP contribution in [-0.2, 0) is 36.2 Å². The van der Waals surface area contributed by atoms with Gasteiger partial charge in [-0.05, 0) is 60.5 Å². The first-order valence-corrected chi connectivity index (χ1v) is 36.8. The molecule has 2 aliphatic rings. The van der Waals surface area contributed by atoms with Crippen molar-refractivity contribution in [2.45, 2.75) is 182 Å². The number of benzene rings is 4. The van der Waals surface area contributed by atoms with Crippen LogP contribution in [0.1, 0.15) is 141 Å². The van der Waals surface area contributed by atoms with Crippen LogP contribution in [0.5, 0.6) is 0 Å². The van der Waals surface area contributed by atoms with Crippen molar-refractivity contribution in [2.75, 3.05) is 0 Å². The van der Waals surface area contributed by atoms with Crippen LogP contribution in [0.15, 0.2) is 109 Å². The average Bonchev–Trinajstić information content (AvgIpc) is 3.95. The van der Waals surface area contributed by atoms with E-state index in [2.05, 4.69) is 169 Å².